The van der Waals surface area contributed by atoms with Crippen molar-refractivity contribution in [2.45, 2.75) is 38.5 Å². The summed E-state index contributed by atoms with van der Waals surface area (Å²) in [5.74, 6) is 2.11. The highest BCUT2D eigenvalue weighted by molar-refractivity contribution is 5.96. The minimum atomic E-state index is -0.191. The van der Waals surface area contributed by atoms with Crippen molar-refractivity contribution < 1.29 is 19.0 Å². The van der Waals surface area contributed by atoms with Gasteiger partial charge in [0.05, 0.1) is 12.8 Å². The summed E-state index contributed by atoms with van der Waals surface area (Å²) in [5, 5.41) is 10.4. The van der Waals surface area contributed by atoms with Gasteiger partial charge in [-0.15, -0.1) is 0 Å². The molecule has 0 radical (unpaired) electrons. The molecular formula is C24H25N3O4. The number of anilines is 1. The number of hydrogen-bond donors (Lipinski definition) is 2. The van der Waals surface area contributed by atoms with Gasteiger partial charge >= 0.3 is 0 Å². The van der Waals surface area contributed by atoms with E-state index in [4.69, 9.17) is 14.2 Å². The van der Waals surface area contributed by atoms with Crippen LogP contribution in [0.1, 0.15) is 49.8 Å². The maximum absolute atomic E-state index is 12.4. The van der Waals surface area contributed by atoms with Crippen LogP contribution in [0.2, 0.25) is 0 Å². The second-order valence-electron chi connectivity index (χ2n) is 8.95. The first-order chi connectivity index (χ1) is 14.8. The molecule has 0 aliphatic carbocycles. The first kappa shape index (κ1) is 19.5. The Labute approximate surface area is 180 Å². The highest BCUT2D eigenvalue weighted by Gasteiger charge is 2.34. The van der Waals surface area contributed by atoms with Crippen molar-refractivity contribution in [1.29, 1.82) is 0 Å². The summed E-state index contributed by atoms with van der Waals surface area (Å²) in [5.41, 5.74) is 5.14. The van der Waals surface area contributed by atoms with Crippen molar-refractivity contribution in [1.82, 2.24) is 10.2 Å². The number of nitrogens with zero attached hydrogens (tertiary/aromatic N) is 1. The fourth-order valence-electron chi connectivity index (χ4n) is 4.25. The molecule has 7 heteroatoms. The van der Waals surface area contributed by atoms with Crippen molar-refractivity contribution in [2.75, 3.05) is 19.2 Å². The van der Waals surface area contributed by atoms with Crippen molar-refractivity contribution in [3.05, 3.63) is 53.1 Å². The van der Waals surface area contributed by atoms with E-state index in [1.54, 1.807) is 7.11 Å². The quantitative estimate of drug-likeness (QED) is 0.649. The lowest BCUT2D eigenvalue weighted by Crippen LogP contribution is -2.23. The SMILES string of the molecule is COc1cc(C2CC(=O)Nc3n[nH]c(-c4ccc(C(C)(C)C)cc4)c32)cc2c1OCO2. The van der Waals surface area contributed by atoms with Crippen LogP contribution in [0.3, 0.4) is 0 Å². The number of amides is 1. The largest absolute Gasteiger partial charge is 0.493 e. The van der Waals surface area contributed by atoms with E-state index in [1.165, 1.54) is 5.56 Å². The fraction of sp³-hybridized carbons (Fsp3) is 0.333. The van der Waals surface area contributed by atoms with Crippen LogP contribution in [0.15, 0.2) is 36.4 Å². The molecule has 1 aromatic heterocycles. The summed E-state index contributed by atoms with van der Waals surface area (Å²) in [6.07, 6.45) is 0.308. The predicted molar refractivity (Wildman–Crippen MR) is 117 cm³/mol. The van der Waals surface area contributed by atoms with Gasteiger partial charge in [0.2, 0.25) is 18.4 Å². The number of benzene rings is 2. The number of ether oxygens (including phenoxy) is 3. The Bertz CT molecular complexity index is 1160. The third-order valence-corrected chi connectivity index (χ3v) is 5.92. The second kappa shape index (κ2) is 7.04. The molecule has 0 spiro atoms. The van der Waals surface area contributed by atoms with Gasteiger partial charge in [-0.05, 0) is 34.2 Å². The molecule has 3 heterocycles. The number of nitrogens with one attached hydrogen (secondary N) is 2. The minimum Gasteiger partial charge on any atom is -0.493 e. The van der Waals surface area contributed by atoms with Crippen LogP contribution in [-0.4, -0.2) is 30.0 Å². The van der Waals surface area contributed by atoms with Gasteiger partial charge < -0.3 is 19.5 Å². The van der Waals surface area contributed by atoms with E-state index in [2.05, 4.69) is 60.6 Å². The maximum Gasteiger partial charge on any atom is 0.231 e. The molecule has 0 saturated carbocycles. The van der Waals surface area contributed by atoms with E-state index >= 15 is 0 Å². The van der Waals surface area contributed by atoms with Crippen LogP contribution in [0.25, 0.3) is 11.3 Å². The van der Waals surface area contributed by atoms with Crippen molar-refractivity contribution in [3.63, 3.8) is 0 Å². The molecule has 2 N–H and O–H groups in total. The van der Waals surface area contributed by atoms with E-state index in [0.29, 0.717) is 29.5 Å². The van der Waals surface area contributed by atoms with Crippen LogP contribution in [0.5, 0.6) is 17.2 Å². The third kappa shape index (κ3) is 3.30. The maximum atomic E-state index is 12.4. The molecule has 0 fully saturated rings. The number of fused-ring (bicyclic) bond motifs is 2. The first-order valence-corrected chi connectivity index (χ1v) is 10.3. The Balaban J connectivity index is 1.61. The number of H-pyrrole nitrogens is 1. The molecule has 1 amide bonds. The van der Waals surface area contributed by atoms with Gasteiger partial charge in [-0.25, -0.2) is 0 Å². The Morgan fingerprint density at radius 1 is 1.13 bits per heavy atom. The summed E-state index contributed by atoms with van der Waals surface area (Å²) in [7, 11) is 1.60. The van der Waals surface area contributed by atoms with Crippen LogP contribution >= 0.6 is 0 Å². The normalized spacial score (nSPS) is 17.3. The molecular weight excluding hydrogens is 394 g/mol. The molecule has 2 aromatic carbocycles. The molecule has 31 heavy (non-hydrogen) atoms. The molecule has 160 valence electrons. The lowest BCUT2D eigenvalue weighted by molar-refractivity contribution is -0.116. The minimum absolute atomic E-state index is 0.0738. The van der Waals surface area contributed by atoms with E-state index in [0.717, 1.165) is 22.4 Å². The number of aromatic amines is 1. The zero-order valence-electron chi connectivity index (χ0n) is 18.0. The molecule has 3 aromatic rings. The van der Waals surface area contributed by atoms with Gasteiger partial charge in [-0.1, -0.05) is 45.0 Å². The van der Waals surface area contributed by atoms with Gasteiger partial charge in [0.1, 0.15) is 0 Å². The van der Waals surface area contributed by atoms with Gasteiger partial charge in [-0.3, -0.25) is 9.89 Å². The summed E-state index contributed by atoms with van der Waals surface area (Å²) in [4.78, 5) is 12.4. The molecule has 5 rings (SSSR count). The number of methoxy groups -OCH3 is 1. The van der Waals surface area contributed by atoms with Crippen molar-refractivity contribution in [2.24, 2.45) is 0 Å². The Morgan fingerprint density at radius 3 is 2.61 bits per heavy atom. The number of rotatable bonds is 3. The highest BCUT2D eigenvalue weighted by atomic mass is 16.7. The van der Waals surface area contributed by atoms with Crippen LogP contribution < -0.4 is 19.5 Å². The number of carbonyl (C=O) groups is 1. The Hall–Kier alpha value is -3.48. The lowest BCUT2D eigenvalue weighted by atomic mass is 9.83. The molecule has 7 nitrogen and oxygen atoms in total. The van der Waals surface area contributed by atoms with Gasteiger partial charge in [-0.2, -0.15) is 5.10 Å². The van der Waals surface area contributed by atoms with Crippen LogP contribution in [-0.2, 0) is 10.2 Å². The topological polar surface area (TPSA) is 85.5 Å². The Kier molecular flexibility index (Phi) is 4.43. The van der Waals surface area contributed by atoms with Gasteiger partial charge in [0.25, 0.3) is 0 Å². The molecule has 1 atom stereocenters. The number of hydrogen-bond acceptors (Lipinski definition) is 5. The third-order valence-electron chi connectivity index (χ3n) is 5.92. The molecule has 0 saturated heterocycles. The summed E-state index contributed by atoms with van der Waals surface area (Å²) < 4.78 is 16.6. The highest BCUT2D eigenvalue weighted by Crippen LogP contribution is 2.48. The summed E-state index contributed by atoms with van der Waals surface area (Å²) >= 11 is 0. The summed E-state index contributed by atoms with van der Waals surface area (Å²) in [6, 6.07) is 12.3. The monoisotopic (exact) mass is 419 g/mol. The number of carbonyl (C=O) groups excluding carboxylic acids is 1. The van der Waals surface area contributed by atoms with E-state index in [-0.39, 0.29) is 24.0 Å². The van der Waals surface area contributed by atoms with Crippen LogP contribution in [0.4, 0.5) is 5.82 Å². The second-order valence-corrected chi connectivity index (χ2v) is 8.95. The smallest absolute Gasteiger partial charge is 0.231 e. The van der Waals surface area contributed by atoms with Crippen LogP contribution in [0, 0.1) is 0 Å². The van der Waals surface area contributed by atoms with E-state index < -0.39 is 0 Å². The average molecular weight is 419 g/mol. The van der Waals surface area contributed by atoms with E-state index in [1.807, 2.05) is 12.1 Å². The zero-order valence-corrected chi connectivity index (χ0v) is 18.0. The predicted octanol–water partition coefficient (Wildman–Crippen LogP) is 4.59. The Morgan fingerprint density at radius 2 is 1.90 bits per heavy atom. The fourth-order valence-corrected chi connectivity index (χ4v) is 4.25. The van der Waals surface area contributed by atoms with Crippen molar-refractivity contribution >= 4 is 11.7 Å². The van der Waals surface area contributed by atoms with E-state index in [9.17, 15) is 4.79 Å². The molecule has 2 aliphatic rings. The molecule has 0 bridgehead atoms. The lowest BCUT2D eigenvalue weighted by Gasteiger charge is -2.24. The zero-order chi connectivity index (χ0) is 21.8. The number of aromatic nitrogens is 2. The average Bonchev–Trinajstić information content (AvgIpc) is 3.38. The summed E-state index contributed by atoms with van der Waals surface area (Å²) in [6.45, 7) is 6.73. The van der Waals surface area contributed by atoms with Crippen molar-refractivity contribution in [3.8, 4) is 28.5 Å². The molecule has 1 unspecified atom stereocenters. The first-order valence-electron chi connectivity index (χ1n) is 10.3. The standard InChI is InChI=1S/C24H25N3O4/c1-24(2,3)15-7-5-13(6-8-15)21-20-16(11-19(28)25-23(20)27-26-21)14-9-17(29-4)22-18(10-14)30-12-31-22/h5-10,16H,11-12H2,1-4H3,(H2,25,26,27,28). The molecule has 2 aliphatic heterocycles. The van der Waals surface area contributed by atoms with Gasteiger partial charge in [0.15, 0.2) is 17.3 Å². The van der Waals surface area contributed by atoms with Gasteiger partial charge in [0, 0.05) is 17.9 Å².